The van der Waals surface area contributed by atoms with Crippen LogP contribution in [0, 0.1) is 16.7 Å². The molecular weight excluding hydrogens is 931 g/mol. The molecule has 3 aromatic rings. The summed E-state index contributed by atoms with van der Waals surface area (Å²) in [5, 5.41) is 14.2. The number of fused-ring (bicyclic) bond motifs is 5. The number of ether oxygens (including phenoxy) is 6. The minimum atomic E-state index is -2.65. The Kier molecular flexibility index (Phi) is 13.9. The number of carbonyl (C=O) groups is 7. The van der Waals surface area contributed by atoms with E-state index in [0.29, 0.717) is 23.7 Å². The van der Waals surface area contributed by atoms with Crippen LogP contribution in [-0.4, -0.2) is 114 Å². The number of hydrogen-bond donors (Lipinski definition) is 1. The molecule has 3 aliphatic carbocycles. The maximum atomic E-state index is 16.4. The molecule has 0 radical (unpaired) electrons. The van der Waals surface area contributed by atoms with Gasteiger partial charge in [-0.1, -0.05) is 101 Å². The van der Waals surface area contributed by atoms with E-state index in [-0.39, 0.29) is 35.3 Å². The first-order valence-electron chi connectivity index (χ1n) is 24.4. The average molecular weight is 994 g/mol. The van der Waals surface area contributed by atoms with Crippen molar-refractivity contribution in [3.63, 3.8) is 0 Å². The first-order valence-corrected chi connectivity index (χ1v) is 26.9. The number of carbonyl (C=O) groups excluding carboxylic acids is 7. The van der Waals surface area contributed by atoms with E-state index in [9.17, 15) is 33.9 Å². The van der Waals surface area contributed by atoms with Gasteiger partial charge in [-0.15, -0.1) is 0 Å². The molecule has 4 fully saturated rings. The fourth-order valence-corrected chi connectivity index (χ4v) is 15.2. The number of nitrogens with zero attached hydrogens (tertiary/aromatic N) is 1. The lowest BCUT2D eigenvalue weighted by Gasteiger charge is -2.68. The Hall–Kier alpha value is -6.01. The van der Waals surface area contributed by atoms with Gasteiger partial charge in [-0.3, -0.25) is 19.2 Å². The summed E-state index contributed by atoms with van der Waals surface area (Å²) >= 11 is 0. The van der Waals surface area contributed by atoms with E-state index in [4.69, 9.17) is 32.8 Å². The molecule has 71 heavy (non-hydrogen) atoms. The summed E-state index contributed by atoms with van der Waals surface area (Å²) < 4.78 is 44.9. The highest BCUT2D eigenvalue weighted by molar-refractivity contribution is 6.73. The van der Waals surface area contributed by atoms with Gasteiger partial charge < -0.3 is 38.0 Å². The lowest BCUT2D eigenvalue weighted by atomic mass is 9.44. The standard InChI is InChI=1S/C54H63NO15Si/c1-10-71(11-2,12-3)70-38-28-39-53(30-64-39,69-33(6)57)44-46(68-48(60)36-26-20-15-21-27-36)54(63)29-37(31(4)40(51(54,7)8)42(65-32(5)56)45(58)52(38,44)9)66-49(61)43-41(34-22-16-13-17-23-34)55(50(62)67-43)47(59)35-24-18-14-19-25-35/h13-27,37-39,41-44,46,63H,10-12,28-30H2,1-9H3/t37-,38-,39+,41?,42+,43+,44-,46-,52+,53-,54+/m0/s1. The van der Waals surface area contributed by atoms with E-state index < -0.39 is 127 Å². The van der Waals surface area contributed by atoms with E-state index in [1.807, 2.05) is 20.8 Å². The predicted octanol–water partition coefficient (Wildman–Crippen LogP) is 7.64. The fourth-order valence-electron chi connectivity index (χ4n) is 12.2. The van der Waals surface area contributed by atoms with Gasteiger partial charge in [0.15, 0.2) is 25.8 Å². The molecule has 11 atom stereocenters. The molecular formula is C54H63NO15Si. The molecule has 16 nitrogen and oxygen atoms in total. The number of rotatable bonds is 13. The Labute approximate surface area is 414 Å². The lowest BCUT2D eigenvalue weighted by Crippen LogP contribution is -2.82. The summed E-state index contributed by atoms with van der Waals surface area (Å²) in [5.74, 6) is -6.39. The quantitative estimate of drug-likeness (QED) is 0.0756. The summed E-state index contributed by atoms with van der Waals surface area (Å²) in [7, 11) is -2.65. The molecule has 2 saturated heterocycles. The molecule has 3 aromatic carbocycles. The van der Waals surface area contributed by atoms with E-state index in [1.165, 1.54) is 31.2 Å². The Morgan fingerprint density at radius 3 is 1.90 bits per heavy atom. The minimum absolute atomic E-state index is 0.0689. The van der Waals surface area contributed by atoms with Crippen LogP contribution in [0.25, 0.3) is 0 Å². The van der Waals surface area contributed by atoms with E-state index in [1.54, 1.807) is 94.4 Å². The SMILES string of the molecule is CC[Si](CC)(CC)O[C@H]1C[C@H]2OC[C@@]2(OC(C)=O)[C@H]2[C@H](OC(=O)c3ccccc3)[C@]3(O)C[C@H](OC(=O)[C@@H]4OC(=O)N(C(=O)c5ccccc5)C4c4ccccc4)C(C)=C([C@@H](OC(C)=O)C(=O)[C@]12C)C3(C)C. The molecule has 378 valence electrons. The second kappa shape index (κ2) is 19.2. The molecule has 2 bridgehead atoms. The number of esters is 4. The van der Waals surface area contributed by atoms with Gasteiger partial charge in [0.25, 0.3) is 5.91 Å². The first kappa shape index (κ1) is 51.3. The van der Waals surface area contributed by atoms with Crippen LogP contribution in [-0.2, 0) is 52.0 Å². The zero-order valence-corrected chi connectivity index (χ0v) is 42.6. The van der Waals surface area contributed by atoms with E-state index >= 15 is 4.79 Å². The highest BCUT2D eigenvalue weighted by atomic mass is 28.4. The maximum absolute atomic E-state index is 16.4. The number of benzene rings is 3. The topological polar surface area (TPSA) is 208 Å². The van der Waals surface area contributed by atoms with Crippen molar-refractivity contribution in [2.75, 3.05) is 6.61 Å². The third kappa shape index (κ3) is 8.41. The number of Topliss-reactive ketones (excluding diaryl/α,β-unsaturated/α-hetero) is 1. The van der Waals surface area contributed by atoms with Crippen molar-refractivity contribution in [3.05, 3.63) is 119 Å². The number of imide groups is 1. The smallest absolute Gasteiger partial charge is 0.418 e. The van der Waals surface area contributed by atoms with Crippen LogP contribution in [0.15, 0.2) is 102 Å². The summed E-state index contributed by atoms with van der Waals surface area (Å²) in [5.41, 5.74) is -6.63. The number of amides is 2. The molecule has 0 spiro atoms. The fraction of sp³-hybridized carbons (Fsp3) is 0.500. The number of cyclic esters (lactones) is 1. The van der Waals surface area contributed by atoms with Gasteiger partial charge >= 0.3 is 30.0 Å². The highest BCUT2D eigenvalue weighted by Crippen LogP contribution is 2.65. The Balaban J connectivity index is 1.33. The van der Waals surface area contributed by atoms with Crippen molar-refractivity contribution in [2.24, 2.45) is 16.7 Å². The first-order chi connectivity index (χ1) is 33.6. The van der Waals surface area contributed by atoms with Gasteiger partial charge in [-0.05, 0) is 73.0 Å². The summed E-state index contributed by atoms with van der Waals surface area (Å²) in [6.45, 7) is 14.7. The van der Waals surface area contributed by atoms with Crippen LogP contribution in [0.1, 0.15) is 107 Å². The lowest BCUT2D eigenvalue weighted by molar-refractivity contribution is -0.344. The maximum Gasteiger partial charge on any atom is 0.418 e. The molecule has 2 saturated carbocycles. The normalized spacial score (nSPS) is 31.9. The number of ketones is 1. The van der Waals surface area contributed by atoms with Crippen LogP contribution < -0.4 is 0 Å². The van der Waals surface area contributed by atoms with Crippen molar-refractivity contribution in [1.82, 2.24) is 4.90 Å². The molecule has 5 aliphatic rings. The third-order valence-electron chi connectivity index (χ3n) is 16.3. The van der Waals surface area contributed by atoms with Crippen molar-refractivity contribution in [2.45, 2.75) is 147 Å². The molecule has 2 aliphatic heterocycles. The molecule has 1 N–H and O–H groups in total. The van der Waals surface area contributed by atoms with Crippen LogP contribution in [0.4, 0.5) is 4.79 Å². The van der Waals surface area contributed by atoms with Gasteiger partial charge in [-0.2, -0.15) is 0 Å². The van der Waals surface area contributed by atoms with Crippen LogP contribution in [0.3, 0.4) is 0 Å². The number of aliphatic hydroxyl groups is 1. The zero-order valence-electron chi connectivity index (χ0n) is 41.6. The van der Waals surface area contributed by atoms with E-state index in [0.717, 1.165) is 11.8 Å². The van der Waals surface area contributed by atoms with Crippen molar-refractivity contribution < 1.29 is 71.5 Å². The predicted molar refractivity (Wildman–Crippen MR) is 257 cm³/mol. The Morgan fingerprint density at radius 2 is 1.37 bits per heavy atom. The second-order valence-electron chi connectivity index (χ2n) is 20.2. The third-order valence-corrected chi connectivity index (χ3v) is 21.0. The summed E-state index contributed by atoms with van der Waals surface area (Å²) in [6, 6.07) is 25.2. The monoisotopic (exact) mass is 993 g/mol. The minimum Gasteiger partial charge on any atom is -0.455 e. The number of hydrogen-bond acceptors (Lipinski definition) is 15. The van der Waals surface area contributed by atoms with Crippen LogP contribution in [0.5, 0.6) is 0 Å². The highest BCUT2D eigenvalue weighted by Gasteiger charge is 2.79. The molecule has 1 unspecified atom stereocenters. The van der Waals surface area contributed by atoms with Gasteiger partial charge in [0.1, 0.15) is 30.0 Å². The van der Waals surface area contributed by atoms with Gasteiger partial charge in [0.2, 0.25) is 6.10 Å². The van der Waals surface area contributed by atoms with E-state index in [2.05, 4.69) is 0 Å². The van der Waals surface area contributed by atoms with Gasteiger partial charge in [0.05, 0.1) is 29.6 Å². The van der Waals surface area contributed by atoms with Crippen molar-refractivity contribution in [1.29, 1.82) is 0 Å². The largest absolute Gasteiger partial charge is 0.455 e. The second-order valence-corrected chi connectivity index (χ2v) is 24.9. The Morgan fingerprint density at radius 1 is 0.789 bits per heavy atom. The summed E-state index contributed by atoms with van der Waals surface area (Å²) in [4.78, 5) is 102. The van der Waals surface area contributed by atoms with Gasteiger partial charge in [0, 0.05) is 37.7 Å². The van der Waals surface area contributed by atoms with Crippen LogP contribution in [0.2, 0.25) is 18.1 Å². The zero-order chi connectivity index (χ0) is 51.4. The average Bonchev–Trinajstić information content (AvgIpc) is 3.70. The van der Waals surface area contributed by atoms with Gasteiger partial charge in [-0.25, -0.2) is 19.3 Å². The van der Waals surface area contributed by atoms with Crippen LogP contribution >= 0.6 is 0 Å². The molecule has 17 heteroatoms. The molecule has 2 heterocycles. The van der Waals surface area contributed by atoms with Crippen molar-refractivity contribution >= 4 is 50.0 Å². The van der Waals surface area contributed by atoms with Crippen molar-refractivity contribution in [3.8, 4) is 0 Å². The molecule has 0 aromatic heterocycles. The molecule has 2 amide bonds. The summed E-state index contributed by atoms with van der Waals surface area (Å²) in [6.07, 6.45) is -10.2. The Bertz CT molecular complexity index is 2610. The molecule has 8 rings (SSSR count).